The van der Waals surface area contributed by atoms with Crippen molar-refractivity contribution < 1.29 is 4.79 Å². The minimum absolute atomic E-state index is 0.00620. The van der Waals surface area contributed by atoms with Gasteiger partial charge in [-0.05, 0) is 30.4 Å². The van der Waals surface area contributed by atoms with Gasteiger partial charge in [-0.25, -0.2) is 0 Å². The fraction of sp³-hybridized carbons (Fsp3) is 0.643. The maximum Gasteiger partial charge on any atom is 0.274 e. The van der Waals surface area contributed by atoms with Crippen LogP contribution in [-0.2, 0) is 0 Å². The van der Waals surface area contributed by atoms with Crippen LogP contribution in [0.1, 0.15) is 43.6 Å². The van der Waals surface area contributed by atoms with Crippen LogP contribution >= 0.6 is 0 Å². The van der Waals surface area contributed by atoms with Gasteiger partial charge in [0.2, 0.25) is 0 Å². The Hall–Kier alpha value is -1.65. The van der Waals surface area contributed by atoms with Gasteiger partial charge in [-0.3, -0.25) is 4.79 Å². The van der Waals surface area contributed by atoms with Gasteiger partial charge < -0.3 is 10.2 Å². The average molecular weight is 262 g/mol. The van der Waals surface area contributed by atoms with Crippen LogP contribution < -0.4 is 5.32 Å². The first-order valence-corrected chi connectivity index (χ1v) is 6.89. The SMILES string of the molecule is CCC1(C)CCN(C(=O)c2ccc(NC)nn2)CC1. The number of carbonyl (C=O) groups excluding carboxylic acids is 1. The summed E-state index contributed by atoms with van der Waals surface area (Å²) in [6.45, 7) is 6.16. The van der Waals surface area contributed by atoms with E-state index < -0.39 is 0 Å². The molecule has 0 spiro atoms. The van der Waals surface area contributed by atoms with Crippen molar-refractivity contribution in [3.8, 4) is 0 Å². The number of rotatable bonds is 3. The van der Waals surface area contributed by atoms with Crippen molar-refractivity contribution in [2.24, 2.45) is 5.41 Å². The number of carbonyl (C=O) groups is 1. The van der Waals surface area contributed by atoms with E-state index in [1.165, 1.54) is 6.42 Å². The fourth-order valence-corrected chi connectivity index (χ4v) is 2.34. The third-order valence-electron chi connectivity index (χ3n) is 4.25. The highest BCUT2D eigenvalue weighted by Crippen LogP contribution is 2.34. The summed E-state index contributed by atoms with van der Waals surface area (Å²) >= 11 is 0. The molecule has 5 nitrogen and oxygen atoms in total. The third kappa shape index (κ3) is 3.03. The van der Waals surface area contributed by atoms with Gasteiger partial charge in [-0.2, -0.15) is 0 Å². The number of piperidine rings is 1. The van der Waals surface area contributed by atoms with Gasteiger partial charge in [-0.15, -0.1) is 10.2 Å². The highest BCUT2D eigenvalue weighted by Gasteiger charge is 2.31. The molecule has 0 unspecified atom stereocenters. The van der Waals surface area contributed by atoms with Crippen LogP contribution in [0.15, 0.2) is 12.1 Å². The molecular formula is C14H22N4O. The lowest BCUT2D eigenvalue weighted by atomic mass is 9.78. The van der Waals surface area contributed by atoms with E-state index in [1.54, 1.807) is 19.2 Å². The lowest BCUT2D eigenvalue weighted by Crippen LogP contribution is -2.42. The number of anilines is 1. The zero-order valence-electron chi connectivity index (χ0n) is 11.9. The molecular weight excluding hydrogens is 240 g/mol. The lowest BCUT2D eigenvalue weighted by molar-refractivity contribution is 0.0593. The van der Waals surface area contributed by atoms with Crippen molar-refractivity contribution in [1.82, 2.24) is 15.1 Å². The van der Waals surface area contributed by atoms with E-state index in [1.807, 2.05) is 4.90 Å². The van der Waals surface area contributed by atoms with Crippen molar-refractivity contribution in [1.29, 1.82) is 0 Å². The van der Waals surface area contributed by atoms with E-state index in [0.29, 0.717) is 16.9 Å². The first-order valence-electron chi connectivity index (χ1n) is 6.89. The second-order valence-corrected chi connectivity index (χ2v) is 5.51. The molecule has 1 saturated heterocycles. The molecule has 0 bridgehead atoms. The smallest absolute Gasteiger partial charge is 0.274 e. The first kappa shape index (κ1) is 13.8. The van der Waals surface area contributed by atoms with Gasteiger partial charge in [0.05, 0.1) is 0 Å². The largest absolute Gasteiger partial charge is 0.372 e. The van der Waals surface area contributed by atoms with E-state index >= 15 is 0 Å². The Labute approximate surface area is 114 Å². The Balaban J connectivity index is 2.00. The summed E-state index contributed by atoms with van der Waals surface area (Å²) in [6.07, 6.45) is 3.31. The minimum Gasteiger partial charge on any atom is -0.372 e. The second kappa shape index (κ2) is 5.55. The zero-order chi connectivity index (χ0) is 13.9. The molecule has 0 atom stereocenters. The van der Waals surface area contributed by atoms with E-state index in [4.69, 9.17) is 0 Å². The molecule has 0 radical (unpaired) electrons. The Morgan fingerprint density at radius 2 is 2.05 bits per heavy atom. The topological polar surface area (TPSA) is 58.1 Å². The molecule has 5 heteroatoms. The van der Waals surface area contributed by atoms with E-state index in [9.17, 15) is 4.79 Å². The Morgan fingerprint density at radius 3 is 2.53 bits per heavy atom. The van der Waals surface area contributed by atoms with Gasteiger partial charge in [0.25, 0.3) is 5.91 Å². The minimum atomic E-state index is -0.00620. The molecule has 1 aromatic heterocycles. The van der Waals surface area contributed by atoms with Crippen LogP contribution in [0.4, 0.5) is 5.82 Å². The molecule has 1 aromatic rings. The Kier molecular flexibility index (Phi) is 4.02. The molecule has 0 saturated carbocycles. The summed E-state index contributed by atoms with van der Waals surface area (Å²) in [5, 5.41) is 10.8. The highest BCUT2D eigenvalue weighted by atomic mass is 16.2. The van der Waals surface area contributed by atoms with Crippen LogP contribution in [0, 0.1) is 5.41 Å². The standard InChI is InChI=1S/C14H22N4O/c1-4-14(2)7-9-18(10-8-14)13(19)11-5-6-12(15-3)17-16-11/h5-6H,4,7-10H2,1-3H3,(H,15,17). The highest BCUT2D eigenvalue weighted by molar-refractivity contribution is 5.92. The van der Waals surface area contributed by atoms with Crippen LogP contribution in [0.3, 0.4) is 0 Å². The maximum absolute atomic E-state index is 12.3. The zero-order valence-corrected chi connectivity index (χ0v) is 11.9. The quantitative estimate of drug-likeness (QED) is 0.907. The number of likely N-dealkylation sites (tertiary alicyclic amines) is 1. The molecule has 1 aliphatic heterocycles. The summed E-state index contributed by atoms with van der Waals surface area (Å²) in [5.41, 5.74) is 0.817. The molecule has 19 heavy (non-hydrogen) atoms. The predicted molar refractivity (Wildman–Crippen MR) is 75.1 cm³/mol. The predicted octanol–water partition coefficient (Wildman–Crippen LogP) is 2.17. The maximum atomic E-state index is 12.3. The number of amides is 1. The molecule has 0 aliphatic carbocycles. The summed E-state index contributed by atoms with van der Waals surface area (Å²) in [7, 11) is 1.78. The van der Waals surface area contributed by atoms with Gasteiger partial charge >= 0.3 is 0 Å². The molecule has 2 rings (SSSR count). The Bertz CT molecular complexity index is 435. The van der Waals surface area contributed by atoms with Crippen LogP contribution in [-0.4, -0.2) is 41.1 Å². The van der Waals surface area contributed by atoms with E-state index in [-0.39, 0.29) is 5.91 Å². The van der Waals surface area contributed by atoms with Gasteiger partial charge in [-0.1, -0.05) is 20.3 Å². The van der Waals surface area contributed by atoms with Crippen molar-refractivity contribution in [3.05, 3.63) is 17.8 Å². The van der Waals surface area contributed by atoms with Crippen molar-refractivity contribution >= 4 is 11.7 Å². The molecule has 0 aromatic carbocycles. The molecule has 1 N–H and O–H groups in total. The van der Waals surface area contributed by atoms with Gasteiger partial charge in [0, 0.05) is 20.1 Å². The molecule has 1 aliphatic rings. The summed E-state index contributed by atoms with van der Waals surface area (Å²) in [4.78, 5) is 14.2. The summed E-state index contributed by atoms with van der Waals surface area (Å²) < 4.78 is 0. The molecule has 104 valence electrons. The van der Waals surface area contributed by atoms with Gasteiger partial charge in [0.15, 0.2) is 5.69 Å². The summed E-state index contributed by atoms with van der Waals surface area (Å²) in [6, 6.07) is 3.51. The third-order valence-corrected chi connectivity index (χ3v) is 4.25. The lowest BCUT2D eigenvalue weighted by Gasteiger charge is -2.38. The second-order valence-electron chi connectivity index (χ2n) is 5.51. The monoisotopic (exact) mass is 262 g/mol. The van der Waals surface area contributed by atoms with E-state index in [0.717, 1.165) is 25.9 Å². The van der Waals surface area contributed by atoms with Crippen molar-refractivity contribution in [2.75, 3.05) is 25.5 Å². The Morgan fingerprint density at radius 1 is 1.37 bits per heavy atom. The fourth-order valence-electron chi connectivity index (χ4n) is 2.34. The number of nitrogens with zero attached hydrogens (tertiary/aromatic N) is 3. The van der Waals surface area contributed by atoms with Crippen LogP contribution in [0.2, 0.25) is 0 Å². The van der Waals surface area contributed by atoms with Gasteiger partial charge in [0.1, 0.15) is 5.82 Å². The number of aromatic nitrogens is 2. The van der Waals surface area contributed by atoms with Crippen molar-refractivity contribution in [3.63, 3.8) is 0 Å². The van der Waals surface area contributed by atoms with E-state index in [2.05, 4.69) is 29.4 Å². The molecule has 2 heterocycles. The van der Waals surface area contributed by atoms with Crippen LogP contribution in [0.5, 0.6) is 0 Å². The number of nitrogens with one attached hydrogen (secondary N) is 1. The first-order chi connectivity index (χ1) is 9.08. The van der Waals surface area contributed by atoms with Crippen LogP contribution in [0.25, 0.3) is 0 Å². The average Bonchev–Trinajstić information content (AvgIpc) is 2.47. The molecule has 1 amide bonds. The number of hydrogen-bond acceptors (Lipinski definition) is 4. The number of hydrogen-bond donors (Lipinski definition) is 1. The normalized spacial score (nSPS) is 18.2. The van der Waals surface area contributed by atoms with Crippen molar-refractivity contribution in [2.45, 2.75) is 33.1 Å². The summed E-state index contributed by atoms with van der Waals surface area (Å²) in [5.74, 6) is 0.669. The molecule has 1 fully saturated rings.